The Morgan fingerprint density at radius 3 is 2.70 bits per heavy atom. The van der Waals surface area contributed by atoms with Crippen molar-refractivity contribution >= 4 is 23.0 Å². The fraction of sp³-hybridized carbons (Fsp3) is 0.0625. The first-order chi connectivity index (χ1) is 9.78. The maximum absolute atomic E-state index is 9.35. The predicted octanol–water partition coefficient (Wildman–Crippen LogP) is 3.69. The number of hydrogen-bond donors (Lipinski definition) is 1. The maximum Gasteiger partial charge on any atom is 0.102 e. The largest absolute Gasteiger partial charge is 0.399 e. The van der Waals surface area contributed by atoms with Gasteiger partial charge in [0.15, 0.2) is 0 Å². The van der Waals surface area contributed by atoms with E-state index in [1.54, 1.807) is 11.8 Å². The lowest BCUT2D eigenvalue weighted by Crippen LogP contribution is -1.84. The van der Waals surface area contributed by atoms with Gasteiger partial charge in [-0.3, -0.25) is 0 Å². The van der Waals surface area contributed by atoms with Gasteiger partial charge in [0.05, 0.1) is 11.1 Å². The van der Waals surface area contributed by atoms with Gasteiger partial charge in [0.1, 0.15) is 6.07 Å². The summed E-state index contributed by atoms with van der Waals surface area (Å²) in [5.74, 6) is 0.772. The van der Waals surface area contributed by atoms with Gasteiger partial charge in [0, 0.05) is 28.7 Å². The molecule has 0 aliphatic carbocycles. The lowest BCUT2D eigenvalue weighted by molar-refractivity contribution is 1.18. The maximum atomic E-state index is 9.35. The molecule has 0 spiro atoms. The molecule has 0 bridgehead atoms. The highest BCUT2D eigenvalue weighted by Gasteiger charge is 2.10. The molecule has 1 aromatic carbocycles. The van der Waals surface area contributed by atoms with Crippen molar-refractivity contribution in [2.45, 2.75) is 10.6 Å². The van der Waals surface area contributed by atoms with E-state index in [4.69, 9.17) is 5.73 Å². The Kier molecular flexibility index (Phi) is 3.36. The summed E-state index contributed by atoms with van der Waals surface area (Å²) in [6.45, 7) is 0. The first kappa shape index (κ1) is 12.6. The van der Waals surface area contributed by atoms with Crippen LogP contribution in [0.2, 0.25) is 0 Å². The summed E-state index contributed by atoms with van der Waals surface area (Å²) in [7, 11) is 0. The fourth-order valence-corrected chi connectivity index (χ4v) is 3.01. The summed E-state index contributed by atoms with van der Waals surface area (Å²) in [5.41, 5.74) is 9.22. The van der Waals surface area contributed by atoms with E-state index < -0.39 is 0 Å². The van der Waals surface area contributed by atoms with E-state index >= 15 is 0 Å². The molecule has 0 aliphatic heterocycles. The molecule has 4 heteroatoms. The van der Waals surface area contributed by atoms with E-state index in [0.717, 1.165) is 33.0 Å². The first-order valence-electron chi connectivity index (χ1n) is 6.25. The molecule has 3 rings (SSSR count). The van der Waals surface area contributed by atoms with Crippen LogP contribution in [0, 0.1) is 11.3 Å². The molecule has 0 saturated heterocycles. The van der Waals surface area contributed by atoms with Gasteiger partial charge in [-0.05, 0) is 42.0 Å². The zero-order chi connectivity index (χ0) is 13.9. The topological polar surface area (TPSA) is 54.2 Å². The molecule has 0 saturated carbocycles. The number of hydrogen-bond acceptors (Lipinski definition) is 3. The van der Waals surface area contributed by atoms with Crippen LogP contribution in [0.4, 0.5) is 5.69 Å². The quantitative estimate of drug-likeness (QED) is 0.587. The lowest BCUT2D eigenvalue weighted by atomic mass is 10.2. The van der Waals surface area contributed by atoms with Crippen LogP contribution in [0.5, 0.6) is 0 Å². The third-order valence-corrected chi connectivity index (χ3v) is 4.21. The minimum atomic E-state index is 0.758. The van der Waals surface area contributed by atoms with Gasteiger partial charge in [-0.25, -0.2) is 0 Å². The second kappa shape index (κ2) is 5.32. The number of nitriles is 1. The fourth-order valence-electron chi connectivity index (χ4n) is 2.14. The van der Waals surface area contributed by atoms with Crippen LogP contribution in [0.25, 0.3) is 5.52 Å². The summed E-state index contributed by atoms with van der Waals surface area (Å²) in [4.78, 5) is 1.15. The van der Waals surface area contributed by atoms with Gasteiger partial charge in [-0.2, -0.15) is 5.26 Å². The molecule has 0 atom stereocenters. The van der Waals surface area contributed by atoms with Crippen molar-refractivity contribution in [1.29, 1.82) is 5.26 Å². The van der Waals surface area contributed by atoms with E-state index in [-0.39, 0.29) is 0 Å². The monoisotopic (exact) mass is 279 g/mol. The van der Waals surface area contributed by atoms with Crippen LogP contribution in [-0.2, 0) is 5.75 Å². The van der Waals surface area contributed by atoms with Gasteiger partial charge in [-0.1, -0.05) is 6.07 Å². The third kappa shape index (κ3) is 2.36. The Morgan fingerprint density at radius 2 is 1.95 bits per heavy atom. The van der Waals surface area contributed by atoms with E-state index in [1.807, 2.05) is 59.3 Å². The number of aromatic nitrogens is 1. The van der Waals surface area contributed by atoms with Crippen LogP contribution >= 0.6 is 11.8 Å². The molecular formula is C16H13N3S. The van der Waals surface area contributed by atoms with E-state index in [9.17, 15) is 5.26 Å². The Balaban J connectivity index is 1.87. The molecule has 0 aliphatic rings. The molecule has 3 nitrogen and oxygen atoms in total. The van der Waals surface area contributed by atoms with Gasteiger partial charge in [-0.15, -0.1) is 11.8 Å². The Bertz CT molecular complexity index is 782. The number of nitrogens with zero attached hydrogens (tertiary/aromatic N) is 2. The first-order valence-corrected chi connectivity index (χ1v) is 7.23. The smallest absolute Gasteiger partial charge is 0.102 e. The Labute approximate surface area is 121 Å². The SMILES string of the molecule is N#Cc1c(CSc2ccc(N)cc2)cn2ccccc12. The van der Waals surface area contributed by atoms with Gasteiger partial charge in [0.25, 0.3) is 0 Å². The molecule has 20 heavy (non-hydrogen) atoms. The second-order valence-electron chi connectivity index (χ2n) is 4.49. The molecule has 0 unspecified atom stereocenters. The molecule has 3 aromatic rings. The van der Waals surface area contributed by atoms with Gasteiger partial charge >= 0.3 is 0 Å². The number of nitrogens with two attached hydrogens (primary N) is 1. The summed E-state index contributed by atoms with van der Waals surface area (Å²) in [5, 5.41) is 9.35. The zero-order valence-electron chi connectivity index (χ0n) is 10.8. The minimum absolute atomic E-state index is 0.758. The molecule has 2 heterocycles. The molecular weight excluding hydrogens is 266 g/mol. The molecule has 2 N–H and O–H groups in total. The van der Waals surface area contributed by atoms with Crippen molar-refractivity contribution in [3.05, 3.63) is 66.0 Å². The normalized spacial score (nSPS) is 10.6. The minimum Gasteiger partial charge on any atom is -0.399 e. The van der Waals surface area contributed by atoms with Gasteiger partial charge < -0.3 is 10.1 Å². The van der Waals surface area contributed by atoms with Crippen molar-refractivity contribution in [2.75, 3.05) is 5.73 Å². The third-order valence-electron chi connectivity index (χ3n) is 3.15. The van der Waals surface area contributed by atoms with E-state index in [0.29, 0.717) is 0 Å². The average molecular weight is 279 g/mol. The van der Waals surface area contributed by atoms with E-state index in [1.165, 1.54) is 0 Å². The lowest BCUT2D eigenvalue weighted by Gasteiger charge is -2.01. The highest BCUT2D eigenvalue weighted by molar-refractivity contribution is 7.98. The molecule has 0 fully saturated rings. The molecule has 0 amide bonds. The van der Waals surface area contributed by atoms with Crippen molar-refractivity contribution in [3.63, 3.8) is 0 Å². The van der Waals surface area contributed by atoms with Crippen LogP contribution in [0.15, 0.2) is 59.8 Å². The Morgan fingerprint density at radius 1 is 1.15 bits per heavy atom. The zero-order valence-corrected chi connectivity index (χ0v) is 11.6. The number of rotatable bonds is 3. The molecule has 98 valence electrons. The molecule has 2 aromatic heterocycles. The number of fused-ring (bicyclic) bond motifs is 1. The van der Waals surface area contributed by atoms with Crippen molar-refractivity contribution in [1.82, 2.24) is 4.40 Å². The highest BCUT2D eigenvalue weighted by atomic mass is 32.2. The summed E-state index contributed by atoms with van der Waals surface area (Å²) in [6, 6.07) is 16.0. The second-order valence-corrected chi connectivity index (χ2v) is 5.54. The van der Waals surface area contributed by atoms with Crippen LogP contribution < -0.4 is 5.73 Å². The van der Waals surface area contributed by atoms with Crippen molar-refractivity contribution < 1.29 is 0 Å². The summed E-state index contributed by atoms with van der Waals surface area (Å²) >= 11 is 1.71. The standard InChI is InChI=1S/C16H13N3S/c17-9-15-12(10-19-8-2-1-3-16(15)19)11-20-14-6-4-13(18)5-7-14/h1-8,10H,11,18H2. The van der Waals surface area contributed by atoms with Crippen LogP contribution in [0.1, 0.15) is 11.1 Å². The Hall–Kier alpha value is -2.38. The van der Waals surface area contributed by atoms with Crippen molar-refractivity contribution in [3.8, 4) is 6.07 Å². The average Bonchev–Trinajstić information content (AvgIpc) is 2.84. The number of benzene rings is 1. The summed E-state index contributed by atoms with van der Waals surface area (Å²) < 4.78 is 2.00. The van der Waals surface area contributed by atoms with Crippen molar-refractivity contribution in [2.24, 2.45) is 0 Å². The predicted molar refractivity (Wildman–Crippen MR) is 82.5 cm³/mol. The van der Waals surface area contributed by atoms with Gasteiger partial charge in [0.2, 0.25) is 0 Å². The number of nitrogen functional groups attached to an aromatic ring is 1. The number of pyridine rings is 1. The van der Waals surface area contributed by atoms with Crippen LogP contribution in [0.3, 0.4) is 0 Å². The number of thioether (sulfide) groups is 1. The summed E-state index contributed by atoms with van der Waals surface area (Å²) in [6.07, 6.45) is 3.99. The molecule has 0 radical (unpaired) electrons. The highest BCUT2D eigenvalue weighted by Crippen LogP contribution is 2.27. The van der Waals surface area contributed by atoms with E-state index in [2.05, 4.69) is 6.07 Å². The number of anilines is 1. The van der Waals surface area contributed by atoms with Crippen LogP contribution in [-0.4, -0.2) is 4.40 Å².